The standard InChI is InChI=1S/C25H25F3N2O5S/c1-14-6-7-15(2)16(10-14)13-35-21-11-17(8-9-20(21)30(3)36(5,32)33)29-25(31)18-12-19(26)23(28)24(34-4)22(18)27/h6-12H,13H2,1-5H3,(H,29,31). The molecule has 1 amide bonds. The molecular weight excluding hydrogens is 497 g/mol. The van der Waals surface area contributed by atoms with Crippen molar-refractivity contribution in [2.75, 3.05) is 30.0 Å². The molecule has 3 aromatic rings. The Labute approximate surface area is 207 Å². The molecule has 0 saturated carbocycles. The van der Waals surface area contributed by atoms with Crippen molar-refractivity contribution in [2.45, 2.75) is 20.5 Å². The Balaban J connectivity index is 1.97. The summed E-state index contributed by atoms with van der Waals surface area (Å²) in [5.74, 6) is -6.36. The number of nitrogens with one attached hydrogen (secondary N) is 1. The first-order chi connectivity index (χ1) is 16.8. The van der Waals surface area contributed by atoms with Crippen molar-refractivity contribution in [1.29, 1.82) is 0 Å². The fourth-order valence-corrected chi connectivity index (χ4v) is 3.89. The van der Waals surface area contributed by atoms with E-state index in [9.17, 15) is 26.4 Å². The number of benzene rings is 3. The predicted molar refractivity (Wildman–Crippen MR) is 131 cm³/mol. The first-order valence-electron chi connectivity index (χ1n) is 10.6. The van der Waals surface area contributed by atoms with E-state index in [2.05, 4.69) is 10.1 Å². The lowest BCUT2D eigenvalue weighted by Gasteiger charge is -2.21. The zero-order valence-corrected chi connectivity index (χ0v) is 21.1. The minimum absolute atomic E-state index is 0.102. The SMILES string of the molecule is COc1c(F)c(F)cc(C(=O)Nc2ccc(N(C)S(C)(=O)=O)c(OCc3cc(C)ccc3C)c2)c1F. The summed E-state index contributed by atoms with van der Waals surface area (Å²) in [6.07, 6.45) is 1.02. The first kappa shape index (κ1) is 26.9. The maximum atomic E-state index is 14.5. The number of carbonyl (C=O) groups is 1. The lowest BCUT2D eigenvalue weighted by molar-refractivity contribution is 0.102. The van der Waals surface area contributed by atoms with E-state index >= 15 is 0 Å². The summed E-state index contributed by atoms with van der Waals surface area (Å²) in [5, 5.41) is 2.39. The lowest BCUT2D eigenvalue weighted by atomic mass is 10.1. The van der Waals surface area contributed by atoms with Crippen LogP contribution in [0.2, 0.25) is 0 Å². The molecule has 11 heteroatoms. The second-order valence-electron chi connectivity index (χ2n) is 8.15. The van der Waals surface area contributed by atoms with Crippen LogP contribution in [-0.2, 0) is 16.6 Å². The molecule has 0 aliphatic heterocycles. The third-order valence-corrected chi connectivity index (χ3v) is 6.70. The summed E-state index contributed by atoms with van der Waals surface area (Å²) < 4.78 is 77.9. The summed E-state index contributed by atoms with van der Waals surface area (Å²) in [5.41, 5.74) is 2.36. The number of rotatable bonds is 8. The van der Waals surface area contributed by atoms with Crippen LogP contribution in [0.25, 0.3) is 0 Å². The van der Waals surface area contributed by atoms with Crippen molar-refractivity contribution in [3.8, 4) is 11.5 Å². The van der Waals surface area contributed by atoms with Gasteiger partial charge < -0.3 is 14.8 Å². The lowest BCUT2D eigenvalue weighted by Crippen LogP contribution is -2.25. The van der Waals surface area contributed by atoms with Crippen molar-refractivity contribution in [3.63, 3.8) is 0 Å². The first-order valence-corrected chi connectivity index (χ1v) is 12.5. The van der Waals surface area contributed by atoms with E-state index in [0.29, 0.717) is 6.07 Å². The summed E-state index contributed by atoms with van der Waals surface area (Å²) in [6, 6.07) is 10.4. The smallest absolute Gasteiger partial charge is 0.258 e. The number of anilines is 2. The molecule has 0 aliphatic carbocycles. The summed E-state index contributed by atoms with van der Waals surface area (Å²) in [6.45, 7) is 3.93. The minimum atomic E-state index is -3.65. The Morgan fingerprint density at radius 3 is 2.36 bits per heavy atom. The quantitative estimate of drug-likeness (QED) is 0.423. The molecule has 1 N–H and O–H groups in total. The molecule has 0 spiro atoms. The number of sulfonamides is 1. The number of hydrogen-bond acceptors (Lipinski definition) is 5. The van der Waals surface area contributed by atoms with Crippen molar-refractivity contribution >= 4 is 27.3 Å². The average molecular weight is 523 g/mol. The van der Waals surface area contributed by atoms with Crippen molar-refractivity contribution in [1.82, 2.24) is 0 Å². The van der Waals surface area contributed by atoms with Crippen LogP contribution in [0.3, 0.4) is 0 Å². The van der Waals surface area contributed by atoms with Gasteiger partial charge in [-0.3, -0.25) is 9.10 Å². The third-order valence-electron chi connectivity index (χ3n) is 5.51. The number of ether oxygens (including phenoxy) is 2. The van der Waals surface area contributed by atoms with Gasteiger partial charge in [0.2, 0.25) is 15.8 Å². The van der Waals surface area contributed by atoms with Gasteiger partial charge in [-0.1, -0.05) is 23.8 Å². The Morgan fingerprint density at radius 1 is 1.03 bits per heavy atom. The molecule has 3 rings (SSSR count). The number of aryl methyl sites for hydroxylation is 2. The van der Waals surface area contributed by atoms with Gasteiger partial charge in [0.15, 0.2) is 17.4 Å². The number of amides is 1. The predicted octanol–water partition coefficient (Wildman–Crippen LogP) is 4.96. The largest absolute Gasteiger partial charge is 0.491 e. The van der Waals surface area contributed by atoms with Gasteiger partial charge in [0, 0.05) is 18.8 Å². The number of methoxy groups -OCH3 is 1. The highest BCUT2D eigenvalue weighted by Gasteiger charge is 2.24. The van der Waals surface area contributed by atoms with E-state index in [1.807, 2.05) is 32.0 Å². The van der Waals surface area contributed by atoms with E-state index in [-0.39, 0.29) is 23.7 Å². The molecule has 0 heterocycles. The van der Waals surface area contributed by atoms with Gasteiger partial charge >= 0.3 is 0 Å². The molecule has 192 valence electrons. The summed E-state index contributed by atoms with van der Waals surface area (Å²) in [7, 11) is -1.36. The normalized spacial score (nSPS) is 11.2. The molecule has 0 unspecified atom stereocenters. The number of halogens is 3. The van der Waals surface area contributed by atoms with Crippen LogP contribution in [0.5, 0.6) is 11.5 Å². The van der Waals surface area contributed by atoms with Gasteiger partial charge in [-0.05, 0) is 43.2 Å². The molecule has 7 nitrogen and oxygen atoms in total. The second kappa shape index (κ2) is 10.5. The minimum Gasteiger partial charge on any atom is -0.491 e. The molecule has 0 fully saturated rings. The van der Waals surface area contributed by atoms with Crippen LogP contribution in [-0.4, -0.2) is 34.7 Å². The summed E-state index contributed by atoms with van der Waals surface area (Å²) >= 11 is 0. The zero-order chi connectivity index (χ0) is 26.8. The molecular formula is C25H25F3N2O5S. The molecule has 0 saturated heterocycles. The maximum Gasteiger partial charge on any atom is 0.258 e. The highest BCUT2D eigenvalue weighted by atomic mass is 32.2. The van der Waals surface area contributed by atoms with E-state index in [1.165, 1.54) is 25.2 Å². The van der Waals surface area contributed by atoms with Gasteiger partial charge in [-0.25, -0.2) is 17.2 Å². The molecule has 0 radical (unpaired) electrons. The van der Waals surface area contributed by atoms with Crippen LogP contribution in [0.4, 0.5) is 24.5 Å². The molecule has 0 bridgehead atoms. The van der Waals surface area contributed by atoms with Gasteiger partial charge in [0.05, 0.1) is 24.6 Å². The Kier molecular flexibility index (Phi) is 7.83. The van der Waals surface area contributed by atoms with Crippen molar-refractivity contribution < 1.29 is 35.9 Å². The molecule has 3 aromatic carbocycles. The fourth-order valence-electron chi connectivity index (χ4n) is 3.38. The molecule has 0 aromatic heterocycles. The average Bonchev–Trinajstić information content (AvgIpc) is 2.81. The number of hydrogen-bond donors (Lipinski definition) is 1. The van der Waals surface area contributed by atoms with Gasteiger partial charge in [0.1, 0.15) is 12.4 Å². The molecule has 0 atom stereocenters. The second-order valence-corrected chi connectivity index (χ2v) is 10.2. The van der Waals surface area contributed by atoms with Crippen LogP contribution in [0, 0.1) is 31.3 Å². The monoisotopic (exact) mass is 522 g/mol. The molecule has 36 heavy (non-hydrogen) atoms. The topological polar surface area (TPSA) is 84.9 Å². The van der Waals surface area contributed by atoms with E-state index in [0.717, 1.165) is 34.4 Å². The number of carbonyl (C=O) groups excluding carboxylic acids is 1. The van der Waals surface area contributed by atoms with Crippen molar-refractivity contribution in [3.05, 3.63) is 82.2 Å². The van der Waals surface area contributed by atoms with E-state index in [4.69, 9.17) is 4.74 Å². The Hall–Kier alpha value is -3.73. The van der Waals surface area contributed by atoms with Gasteiger partial charge in [-0.15, -0.1) is 0 Å². The number of nitrogens with zero attached hydrogens (tertiary/aromatic N) is 1. The Morgan fingerprint density at radius 2 is 1.72 bits per heavy atom. The van der Waals surface area contributed by atoms with Crippen molar-refractivity contribution in [2.24, 2.45) is 0 Å². The van der Waals surface area contributed by atoms with Gasteiger partial charge in [0.25, 0.3) is 5.91 Å². The highest BCUT2D eigenvalue weighted by Crippen LogP contribution is 2.34. The van der Waals surface area contributed by atoms with E-state index < -0.39 is 44.7 Å². The summed E-state index contributed by atoms with van der Waals surface area (Å²) in [4.78, 5) is 12.7. The maximum absolute atomic E-state index is 14.5. The zero-order valence-electron chi connectivity index (χ0n) is 20.3. The fraction of sp³-hybridized carbons (Fsp3) is 0.240. The third kappa shape index (κ3) is 5.73. The van der Waals surface area contributed by atoms with Crippen LogP contribution in [0.15, 0.2) is 42.5 Å². The van der Waals surface area contributed by atoms with Gasteiger partial charge in [-0.2, -0.15) is 4.39 Å². The van der Waals surface area contributed by atoms with Crippen LogP contribution >= 0.6 is 0 Å². The van der Waals surface area contributed by atoms with Crippen LogP contribution < -0.4 is 19.1 Å². The Bertz CT molecular complexity index is 1430. The van der Waals surface area contributed by atoms with Crippen LogP contribution in [0.1, 0.15) is 27.0 Å². The molecule has 0 aliphatic rings. The van der Waals surface area contributed by atoms with E-state index in [1.54, 1.807) is 0 Å². The highest BCUT2D eigenvalue weighted by molar-refractivity contribution is 7.92.